The molecule has 1 saturated heterocycles. The molecule has 2 aromatic carbocycles. The topological polar surface area (TPSA) is 59.6 Å². The van der Waals surface area contributed by atoms with Gasteiger partial charge in [0.05, 0.1) is 19.6 Å². The third-order valence-electron chi connectivity index (χ3n) is 4.79. The fourth-order valence-electron chi connectivity index (χ4n) is 3.24. The summed E-state index contributed by atoms with van der Waals surface area (Å²) in [6.45, 7) is 1.72. The van der Waals surface area contributed by atoms with Gasteiger partial charge in [-0.05, 0) is 30.2 Å². The monoisotopic (exact) mass is 374 g/mol. The molecule has 1 amide bonds. The first-order valence-electron chi connectivity index (χ1n) is 8.51. The molecule has 5 nitrogen and oxygen atoms in total. The van der Waals surface area contributed by atoms with Crippen molar-refractivity contribution in [3.8, 4) is 11.5 Å². The van der Waals surface area contributed by atoms with E-state index in [2.05, 4.69) is 10.6 Å². The summed E-state index contributed by atoms with van der Waals surface area (Å²) in [4.78, 5) is 12.9. The van der Waals surface area contributed by atoms with Crippen molar-refractivity contribution in [3.05, 3.63) is 58.6 Å². The first-order chi connectivity index (χ1) is 12.6. The Hall–Kier alpha value is -2.24. The summed E-state index contributed by atoms with van der Waals surface area (Å²) in [7, 11) is 3.20. The van der Waals surface area contributed by atoms with Gasteiger partial charge in [-0.3, -0.25) is 4.79 Å². The van der Waals surface area contributed by atoms with Gasteiger partial charge in [-0.15, -0.1) is 0 Å². The van der Waals surface area contributed by atoms with Crippen LogP contribution in [0.2, 0.25) is 5.02 Å². The summed E-state index contributed by atoms with van der Waals surface area (Å²) < 4.78 is 10.7. The molecule has 6 heteroatoms. The summed E-state index contributed by atoms with van der Waals surface area (Å²) in [6, 6.07) is 13.3. The molecule has 3 rings (SSSR count). The molecule has 0 radical (unpaired) electrons. The normalized spacial score (nSPS) is 15.0. The number of ether oxygens (including phenoxy) is 2. The number of halogens is 1. The highest BCUT2D eigenvalue weighted by Gasteiger charge is 2.44. The summed E-state index contributed by atoms with van der Waals surface area (Å²) in [6.07, 6.45) is 0.679. The quantitative estimate of drug-likeness (QED) is 0.782. The summed E-state index contributed by atoms with van der Waals surface area (Å²) in [5.74, 6) is 1.34. The Bertz CT molecular complexity index is 773. The highest BCUT2D eigenvalue weighted by molar-refractivity contribution is 6.30. The van der Waals surface area contributed by atoms with Crippen LogP contribution in [-0.2, 0) is 17.8 Å². The highest BCUT2D eigenvalue weighted by atomic mass is 35.5. The van der Waals surface area contributed by atoms with Gasteiger partial charge in [0.25, 0.3) is 0 Å². The first-order valence-corrected chi connectivity index (χ1v) is 8.89. The number of para-hydroxylation sites is 1. The van der Waals surface area contributed by atoms with Gasteiger partial charge < -0.3 is 20.1 Å². The van der Waals surface area contributed by atoms with E-state index in [4.69, 9.17) is 21.1 Å². The lowest BCUT2D eigenvalue weighted by molar-refractivity contribution is -0.134. The zero-order chi connectivity index (χ0) is 18.6. The fourth-order valence-corrected chi connectivity index (χ4v) is 3.37. The lowest BCUT2D eigenvalue weighted by Gasteiger charge is -2.41. The molecule has 0 unspecified atom stereocenters. The lowest BCUT2D eigenvalue weighted by atomic mass is 9.75. The van der Waals surface area contributed by atoms with Crippen LogP contribution in [0.25, 0.3) is 0 Å². The van der Waals surface area contributed by atoms with E-state index in [1.54, 1.807) is 14.2 Å². The van der Waals surface area contributed by atoms with Crippen LogP contribution in [0.4, 0.5) is 0 Å². The van der Waals surface area contributed by atoms with Crippen molar-refractivity contribution in [2.45, 2.75) is 13.0 Å². The number of hydrogen-bond acceptors (Lipinski definition) is 4. The minimum atomic E-state index is -0.431. The molecule has 0 atom stereocenters. The molecule has 0 saturated carbocycles. The van der Waals surface area contributed by atoms with E-state index in [1.807, 2.05) is 42.5 Å². The van der Waals surface area contributed by atoms with E-state index in [1.165, 1.54) is 0 Å². The van der Waals surface area contributed by atoms with Crippen LogP contribution >= 0.6 is 11.6 Å². The number of hydrogen-bond donors (Lipinski definition) is 2. The Morgan fingerprint density at radius 1 is 1.15 bits per heavy atom. The Labute approximate surface area is 158 Å². The van der Waals surface area contributed by atoms with Crippen molar-refractivity contribution in [3.63, 3.8) is 0 Å². The molecule has 1 fully saturated rings. The summed E-state index contributed by atoms with van der Waals surface area (Å²) in [5, 5.41) is 6.98. The summed E-state index contributed by atoms with van der Waals surface area (Å²) in [5.41, 5.74) is 1.55. The van der Waals surface area contributed by atoms with Crippen molar-refractivity contribution < 1.29 is 14.3 Å². The molecule has 1 heterocycles. The maximum absolute atomic E-state index is 12.9. The number of carbonyl (C=O) groups is 1. The van der Waals surface area contributed by atoms with Crippen LogP contribution in [0, 0.1) is 5.41 Å². The van der Waals surface area contributed by atoms with Crippen molar-refractivity contribution in [2.75, 3.05) is 27.3 Å². The second kappa shape index (κ2) is 7.98. The van der Waals surface area contributed by atoms with Crippen LogP contribution in [0.15, 0.2) is 42.5 Å². The smallest absolute Gasteiger partial charge is 0.229 e. The third kappa shape index (κ3) is 3.79. The van der Waals surface area contributed by atoms with Crippen LogP contribution in [0.3, 0.4) is 0 Å². The van der Waals surface area contributed by atoms with Crippen LogP contribution in [-0.4, -0.2) is 33.2 Å². The largest absolute Gasteiger partial charge is 0.493 e. The minimum absolute atomic E-state index is 0.0380. The number of carbonyl (C=O) groups excluding carboxylic acids is 1. The number of nitrogens with one attached hydrogen (secondary N) is 2. The maximum atomic E-state index is 12.9. The Kier molecular flexibility index (Phi) is 5.69. The van der Waals surface area contributed by atoms with Crippen molar-refractivity contribution in [1.82, 2.24) is 10.6 Å². The first kappa shape index (κ1) is 18.5. The van der Waals surface area contributed by atoms with Gasteiger partial charge in [-0.1, -0.05) is 35.9 Å². The average Bonchev–Trinajstić information content (AvgIpc) is 2.63. The molecule has 1 aliphatic rings. The third-order valence-corrected chi connectivity index (χ3v) is 5.04. The van der Waals surface area contributed by atoms with Gasteiger partial charge in [-0.25, -0.2) is 0 Å². The Morgan fingerprint density at radius 2 is 1.88 bits per heavy atom. The van der Waals surface area contributed by atoms with Crippen LogP contribution < -0.4 is 20.1 Å². The predicted octanol–water partition coefficient (Wildman–Crippen LogP) is 2.81. The molecule has 1 aliphatic heterocycles. The Morgan fingerprint density at radius 3 is 2.46 bits per heavy atom. The zero-order valence-corrected chi connectivity index (χ0v) is 15.7. The van der Waals surface area contributed by atoms with E-state index < -0.39 is 5.41 Å². The molecule has 0 aromatic heterocycles. The number of rotatable bonds is 7. The van der Waals surface area contributed by atoms with E-state index >= 15 is 0 Å². The maximum Gasteiger partial charge on any atom is 0.229 e. The molecule has 0 bridgehead atoms. The molecule has 2 aromatic rings. The Balaban J connectivity index is 1.69. The molecule has 2 N–H and O–H groups in total. The fraction of sp³-hybridized carbons (Fsp3) is 0.350. The van der Waals surface area contributed by atoms with Gasteiger partial charge in [0.1, 0.15) is 0 Å². The second-order valence-corrected chi connectivity index (χ2v) is 6.96. The van der Waals surface area contributed by atoms with Gasteiger partial charge in [-0.2, -0.15) is 0 Å². The predicted molar refractivity (Wildman–Crippen MR) is 102 cm³/mol. The molecule has 0 aliphatic carbocycles. The highest BCUT2D eigenvalue weighted by Crippen LogP contribution is 2.32. The van der Waals surface area contributed by atoms with E-state index in [9.17, 15) is 4.79 Å². The van der Waals surface area contributed by atoms with Crippen molar-refractivity contribution >= 4 is 17.5 Å². The molecular formula is C20H23ClN2O3. The SMILES string of the molecule is COc1cccc(CNC(=O)C2(Cc3ccc(Cl)cc3)CNC2)c1OC. The van der Waals surface area contributed by atoms with Gasteiger partial charge >= 0.3 is 0 Å². The molecular weight excluding hydrogens is 352 g/mol. The van der Waals surface area contributed by atoms with Crippen LogP contribution in [0.5, 0.6) is 11.5 Å². The standard InChI is InChI=1S/C20H23ClN2O3/c1-25-17-5-3-4-15(18(17)26-2)11-23-19(24)20(12-22-13-20)10-14-6-8-16(21)9-7-14/h3-9,22H,10-13H2,1-2H3,(H,23,24). The lowest BCUT2D eigenvalue weighted by Crippen LogP contribution is -2.62. The van der Waals surface area contributed by atoms with Crippen molar-refractivity contribution in [2.24, 2.45) is 5.41 Å². The molecule has 138 valence electrons. The average molecular weight is 375 g/mol. The number of amides is 1. The van der Waals surface area contributed by atoms with E-state index in [0.29, 0.717) is 42.6 Å². The minimum Gasteiger partial charge on any atom is -0.493 e. The van der Waals surface area contributed by atoms with Gasteiger partial charge in [0, 0.05) is 30.2 Å². The zero-order valence-electron chi connectivity index (χ0n) is 15.0. The summed E-state index contributed by atoms with van der Waals surface area (Å²) >= 11 is 5.95. The number of methoxy groups -OCH3 is 2. The van der Waals surface area contributed by atoms with Gasteiger partial charge in [0.15, 0.2) is 11.5 Å². The van der Waals surface area contributed by atoms with Crippen LogP contribution in [0.1, 0.15) is 11.1 Å². The van der Waals surface area contributed by atoms with Gasteiger partial charge in [0.2, 0.25) is 5.91 Å². The molecule has 0 spiro atoms. The number of benzene rings is 2. The molecule has 26 heavy (non-hydrogen) atoms. The van der Waals surface area contributed by atoms with Crippen molar-refractivity contribution in [1.29, 1.82) is 0 Å². The van der Waals surface area contributed by atoms with E-state index in [0.717, 1.165) is 11.1 Å². The van der Waals surface area contributed by atoms with E-state index in [-0.39, 0.29) is 5.91 Å². The second-order valence-electron chi connectivity index (χ2n) is 6.52.